The maximum atomic E-state index is 12.3. The zero-order chi connectivity index (χ0) is 19.8. The van der Waals surface area contributed by atoms with Crippen molar-refractivity contribution in [1.82, 2.24) is 0 Å². The van der Waals surface area contributed by atoms with Gasteiger partial charge in [-0.25, -0.2) is 0 Å². The summed E-state index contributed by atoms with van der Waals surface area (Å²) in [4.78, 5) is 14.7. The van der Waals surface area contributed by atoms with Gasteiger partial charge in [0, 0.05) is 21.8 Å². The minimum atomic E-state index is -0.0979. The van der Waals surface area contributed by atoms with Gasteiger partial charge in [-0.05, 0) is 50.5 Å². The largest absolute Gasteiger partial charge is 0.410 e. The van der Waals surface area contributed by atoms with Crippen molar-refractivity contribution >= 4 is 23.3 Å². The van der Waals surface area contributed by atoms with Crippen LogP contribution in [-0.4, -0.2) is 16.7 Å². The number of carbonyl (C=O) groups excluding carboxylic acids is 1. The molecular weight excluding hydrogens is 354 g/mol. The van der Waals surface area contributed by atoms with Gasteiger partial charge in [0.2, 0.25) is 0 Å². The molecule has 0 aliphatic carbocycles. The molecule has 0 fully saturated rings. The van der Waals surface area contributed by atoms with Gasteiger partial charge in [0.25, 0.3) is 0 Å². The van der Waals surface area contributed by atoms with Crippen molar-refractivity contribution in [2.45, 2.75) is 69.6 Å². The topological polar surface area (TPSA) is 49.7 Å². The first-order valence-corrected chi connectivity index (χ1v) is 10.4. The monoisotopic (exact) mass is 383 g/mol. The maximum absolute atomic E-state index is 12.3. The number of hydrogen-bond acceptors (Lipinski definition) is 4. The number of carbonyl (C=O) groups is 1. The highest BCUT2D eigenvalue weighted by atomic mass is 32.2. The van der Waals surface area contributed by atoms with Gasteiger partial charge >= 0.3 is 0 Å². The normalized spacial score (nSPS) is 11.6. The van der Waals surface area contributed by atoms with Crippen molar-refractivity contribution in [1.29, 1.82) is 0 Å². The van der Waals surface area contributed by atoms with Gasteiger partial charge < -0.3 is 5.21 Å². The van der Waals surface area contributed by atoms with Crippen LogP contribution in [-0.2, 0) is 4.79 Å². The Morgan fingerprint density at radius 2 is 1.63 bits per heavy atom. The molecule has 144 valence electrons. The van der Waals surface area contributed by atoms with Crippen molar-refractivity contribution in [3.63, 3.8) is 0 Å². The van der Waals surface area contributed by atoms with Crippen LogP contribution < -0.4 is 0 Å². The van der Waals surface area contributed by atoms with E-state index in [1.54, 1.807) is 11.8 Å². The van der Waals surface area contributed by atoms with Crippen LogP contribution in [0.1, 0.15) is 61.3 Å². The fourth-order valence-electron chi connectivity index (χ4n) is 3.23. The zero-order valence-electron chi connectivity index (χ0n) is 16.7. The van der Waals surface area contributed by atoms with E-state index in [1.807, 2.05) is 24.3 Å². The third-order valence-electron chi connectivity index (χ3n) is 4.57. The highest BCUT2D eigenvalue weighted by Crippen LogP contribution is 2.33. The molecule has 0 heterocycles. The average Bonchev–Trinajstić information content (AvgIpc) is 2.63. The van der Waals surface area contributed by atoms with Crippen LogP contribution in [0.3, 0.4) is 0 Å². The molecule has 0 saturated carbocycles. The number of oxime groups is 1. The minimum Gasteiger partial charge on any atom is -0.410 e. The predicted octanol–water partition coefficient (Wildman–Crippen LogP) is 6.48. The molecule has 27 heavy (non-hydrogen) atoms. The standard InChI is InChI=1S/C23H29NO2S/c1-5-6-7-8-9-21(25)22(24-26)19-10-12-20(13-11-19)27-23-17(3)14-16(2)15-18(23)4/h10-15,26H,5-9H2,1-4H3. The first kappa shape index (κ1) is 21.2. The Morgan fingerprint density at radius 3 is 2.19 bits per heavy atom. The lowest BCUT2D eigenvalue weighted by Crippen LogP contribution is -2.15. The summed E-state index contributed by atoms with van der Waals surface area (Å²) in [5.41, 5.74) is 4.62. The second-order valence-corrected chi connectivity index (χ2v) is 8.12. The maximum Gasteiger partial charge on any atom is 0.185 e. The molecular formula is C23H29NO2S. The van der Waals surface area contributed by atoms with Crippen LogP contribution in [0, 0.1) is 20.8 Å². The van der Waals surface area contributed by atoms with Crippen molar-refractivity contribution < 1.29 is 10.0 Å². The molecule has 2 aromatic rings. The van der Waals surface area contributed by atoms with E-state index in [0.717, 1.165) is 30.6 Å². The summed E-state index contributed by atoms with van der Waals surface area (Å²) < 4.78 is 0. The van der Waals surface area contributed by atoms with Crippen LogP contribution >= 0.6 is 11.8 Å². The van der Waals surface area contributed by atoms with E-state index in [0.29, 0.717) is 12.0 Å². The lowest BCUT2D eigenvalue weighted by atomic mass is 10.0. The molecule has 0 saturated heterocycles. The van der Waals surface area contributed by atoms with E-state index in [9.17, 15) is 10.0 Å². The van der Waals surface area contributed by atoms with E-state index < -0.39 is 0 Å². The molecule has 0 bridgehead atoms. The van der Waals surface area contributed by atoms with E-state index in [4.69, 9.17) is 0 Å². The smallest absolute Gasteiger partial charge is 0.185 e. The first-order chi connectivity index (χ1) is 13.0. The van der Waals surface area contributed by atoms with Gasteiger partial charge in [0.1, 0.15) is 0 Å². The molecule has 1 N–H and O–H groups in total. The molecule has 0 aromatic heterocycles. The molecule has 2 aromatic carbocycles. The quantitative estimate of drug-likeness (QED) is 0.233. The number of Topliss-reactive ketones (excluding diaryl/α,β-unsaturated/α-hetero) is 1. The van der Waals surface area contributed by atoms with E-state index >= 15 is 0 Å². The Balaban J connectivity index is 2.08. The lowest BCUT2D eigenvalue weighted by Gasteiger charge is -2.11. The van der Waals surface area contributed by atoms with Crippen molar-refractivity contribution in [3.05, 3.63) is 58.7 Å². The third kappa shape index (κ3) is 5.96. The fraction of sp³-hybridized carbons (Fsp3) is 0.391. The van der Waals surface area contributed by atoms with Gasteiger partial charge in [0.05, 0.1) is 0 Å². The molecule has 4 heteroatoms. The van der Waals surface area contributed by atoms with Crippen molar-refractivity contribution in [2.75, 3.05) is 0 Å². The second-order valence-electron chi connectivity index (χ2n) is 7.04. The van der Waals surface area contributed by atoms with Gasteiger partial charge in [-0.3, -0.25) is 4.79 Å². The highest BCUT2D eigenvalue weighted by molar-refractivity contribution is 7.99. The predicted molar refractivity (Wildman–Crippen MR) is 113 cm³/mol. The van der Waals surface area contributed by atoms with E-state index in [-0.39, 0.29) is 11.5 Å². The van der Waals surface area contributed by atoms with Gasteiger partial charge in [-0.1, -0.05) is 72.9 Å². The number of rotatable bonds is 9. The summed E-state index contributed by atoms with van der Waals surface area (Å²) in [6.45, 7) is 8.51. The average molecular weight is 384 g/mol. The Kier molecular flexibility index (Phi) is 8.11. The summed E-state index contributed by atoms with van der Waals surface area (Å²) in [5.74, 6) is -0.0979. The molecule has 2 rings (SSSR count). The van der Waals surface area contributed by atoms with E-state index in [2.05, 4.69) is 45.0 Å². The van der Waals surface area contributed by atoms with Crippen molar-refractivity contribution in [2.24, 2.45) is 5.16 Å². The first-order valence-electron chi connectivity index (χ1n) is 9.57. The molecule has 0 unspecified atom stereocenters. The Hall–Kier alpha value is -2.07. The lowest BCUT2D eigenvalue weighted by molar-refractivity contribution is -0.113. The number of ketones is 1. The van der Waals surface area contributed by atoms with Crippen LogP contribution in [0.15, 0.2) is 51.3 Å². The van der Waals surface area contributed by atoms with E-state index in [1.165, 1.54) is 21.6 Å². The summed E-state index contributed by atoms with van der Waals surface area (Å²) in [6, 6.07) is 12.1. The number of aryl methyl sites for hydroxylation is 3. The number of unbranched alkanes of at least 4 members (excludes halogenated alkanes) is 3. The van der Waals surface area contributed by atoms with Crippen LogP contribution in [0.5, 0.6) is 0 Å². The molecule has 0 atom stereocenters. The fourth-order valence-corrected chi connectivity index (χ4v) is 4.18. The van der Waals surface area contributed by atoms with Crippen LogP contribution in [0.2, 0.25) is 0 Å². The van der Waals surface area contributed by atoms with Gasteiger partial charge in [0.15, 0.2) is 11.5 Å². The van der Waals surface area contributed by atoms with Crippen LogP contribution in [0.4, 0.5) is 0 Å². The van der Waals surface area contributed by atoms with Gasteiger partial charge in [-0.2, -0.15) is 0 Å². The van der Waals surface area contributed by atoms with Crippen molar-refractivity contribution in [3.8, 4) is 0 Å². The van der Waals surface area contributed by atoms with Gasteiger partial charge in [-0.15, -0.1) is 0 Å². The SMILES string of the molecule is CCCCCCC(=O)C(=NO)c1ccc(Sc2c(C)cc(C)cc2C)cc1. The summed E-state index contributed by atoms with van der Waals surface area (Å²) >= 11 is 1.72. The minimum absolute atomic E-state index is 0.0979. The summed E-state index contributed by atoms with van der Waals surface area (Å²) in [5, 5.41) is 12.6. The second kappa shape index (κ2) is 10.3. The Bertz CT molecular complexity index is 787. The molecule has 0 spiro atoms. The Morgan fingerprint density at radius 1 is 1.00 bits per heavy atom. The molecule has 0 amide bonds. The molecule has 0 aliphatic rings. The molecule has 3 nitrogen and oxygen atoms in total. The summed E-state index contributed by atoms with van der Waals surface area (Å²) in [7, 11) is 0. The highest BCUT2D eigenvalue weighted by Gasteiger charge is 2.15. The number of hydrogen-bond donors (Lipinski definition) is 1. The Labute approximate surface area is 166 Å². The number of benzene rings is 2. The summed E-state index contributed by atoms with van der Waals surface area (Å²) in [6.07, 6.45) is 4.56. The molecule has 0 radical (unpaired) electrons. The zero-order valence-corrected chi connectivity index (χ0v) is 17.5. The van der Waals surface area contributed by atoms with Crippen LogP contribution in [0.25, 0.3) is 0 Å². The molecule has 0 aliphatic heterocycles. The number of nitrogens with zero attached hydrogens (tertiary/aromatic N) is 1. The third-order valence-corrected chi connectivity index (χ3v) is 5.93.